The number of aromatic nitrogens is 1. The maximum Gasteiger partial charge on any atom is 0.289 e. The van der Waals surface area contributed by atoms with Crippen molar-refractivity contribution in [3.63, 3.8) is 0 Å². The number of rotatable bonds is 2. The SMILES string of the molecule is Cc1csc(C2CCCN(C(=O)c3ccco3)C2)n1. The molecule has 1 amide bonds. The molecule has 0 N–H and O–H groups in total. The van der Waals surface area contributed by atoms with Gasteiger partial charge in [0.15, 0.2) is 5.76 Å². The van der Waals surface area contributed by atoms with Crippen molar-refractivity contribution in [3.8, 4) is 0 Å². The average Bonchev–Trinajstić information content (AvgIpc) is 3.09. The van der Waals surface area contributed by atoms with E-state index < -0.39 is 0 Å². The van der Waals surface area contributed by atoms with Gasteiger partial charge in [0.2, 0.25) is 0 Å². The first-order chi connectivity index (χ1) is 9.24. The molecule has 19 heavy (non-hydrogen) atoms. The molecule has 3 rings (SSSR count). The second kappa shape index (κ2) is 5.17. The lowest BCUT2D eigenvalue weighted by molar-refractivity contribution is 0.0675. The molecule has 100 valence electrons. The quantitative estimate of drug-likeness (QED) is 0.847. The average molecular weight is 276 g/mol. The molecule has 5 heteroatoms. The first-order valence-electron chi connectivity index (χ1n) is 6.49. The molecule has 1 atom stereocenters. The number of piperidine rings is 1. The molecule has 3 heterocycles. The van der Waals surface area contributed by atoms with Crippen molar-refractivity contribution >= 4 is 17.2 Å². The number of amides is 1. The number of thiazole rings is 1. The summed E-state index contributed by atoms with van der Waals surface area (Å²) in [6, 6.07) is 3.47. The first-order valence-corrected chi connectivity index (χ1v) is 7.37. The summed E-state index contributed by atoms with van der Waals surface area (Å²) in [4.78, 5) is 18.7. The summed E-state index contributed by atoms with van der Waals surface area (Å²) >= 11 is 1.69. The molecule has 0 aliphatic carbocycles. The van der Waals surface area contributed by atoms with Crippen LogP contribution in [0.2, 0.25) is 0 Å². The number of hydrogen-bond donors (Lipinski definition) is 0. The van der Waals surface area contributed by atoms with Gasteiger partial charge in [-0.1, -0.05) is 0 Å². The van der Waals surface area contributed by atoms with E-state index in [1.165, 1.54) is 0 Å². The third-order valence-corrected chi connectivity index (χ3v) is 4.55. The Morgan fingerprint density at radius 1 is 1.58 bits per heavy atom. The molecule has 4 nitrogen and oxygen atoms in total. The van der Waals surface area contributed by atoms with Crippen LogP contribution in [-0.2, 0) is 0 Å². The minimum absolute atomic E-state index is 0.0111. The molecule has 0 bridgehead atoms. The van der Waals surface area contributed by atoms with Gasteiger partial charge in [0, 0.05) is 30.1 Å². The molecule has 0 spiro atoms. The molecule has 2 aromatic heterocycles. The zero-order valence-electron chi connectivity index (χ0n) is 10.8. The van der Waals surface area contributed by atoms with E-state index >= 15 is 0 Å². The third kappa shape index (κ3) is 2.56. The van der Waals surface area contributed by atoms with Gasteiger partial charge < -0.3 is 9.32 Å². The molecule has 0 radical (unpaired) electrons. The van der Waals surface area contributed by atoms with Gasteiger partial charge in [0.25, 0.3) is 5.91 Å². The standard InChI is InChI=1S/C14H16N2O2S/c1-10-9-19-13(15-10)11-4-2-6-16(8-11)14(17)12-5-3-7-18-12/h3,5,7,9,11H,2,4,6,8H2,1H3. The topological polar surface area (TPSA) is 46.3 Å². The number of nitrogens with zero attached hydrogens (tertiary/aromatic N) is 2. The van der Waals surface area contributed by atoms with Crippen LogP contribution in [0.1, 0.15) is 40.0 Å². The Morgan fingerprint density at radius 3 is 3.16 bits per heavy atom. The predicted octanol–water partition coefficient (Wildman–Crippen LogP) is 3.06. The molecule has 1 aliphatic heterocycles. The van der Waals surface area contributed by atoms with Crippen molar-refractivity contribution < 1.29 is 9.21 Å². The Hall–Kier alpha value is -1.62. The summed E-state index contributed by atoms with van der Waals surface area (Å²) in [5.41, 5.74) is 1.06. The van der Waals surface area contributed by atoms with Crippen molar-refractivity contribution in [2.24, 2.45) is 0 Å². The van der Waals surface area contributed by atoms with Crippen LogP contribution >= 0.6 is 11.3 Å². The van der Waals surface area contributed by atoms with Gasteiger partial charge in [-0.05, 0) is 31.9 Å². The van der Waals surface area contributed by atoms with Crippen molar-refractivity contribution in [1.82, 2.24) is 9.88 Å². The largest absolute Gasteiger partial charge is 0.459 e. The number of hydrogen-bond acceptors (Lipinski definition) is 4. The van der Waals surface area contributed by atoms with Crippen LogP contribution in [0.15, 0.2) is 28.2 Å². The number of aryl methyl sites for hydroxylation is 1. The van der Waals surface area contributed by atoms with Crippen LogP contribution in [0.25, 0.3) is 0 Å². The molecule has 1 saturated heterocycles. The van der Waals surface area contributed by atoms with E-state index in [1.807, 2.05) is 11.8 Å². The Bertz CT molecular complexity index is 562. The van der Waals surface area contributed by atoms with Crippen molar-refractivity contribution in [1.29, 1.82) is 0 Å². The van der Waals surface area contributed by atoms with Crippen LogP contribution in [0.5, 0.6) is 0 Å². The Balaban J connectivity index is 1.73. The summed E-state index contributed by atoms with van der Waals surface area (Å²) in [5.74, 6) is 0.783. The van der Waals surface area contributed by atoms with E-state index in [9.17, 15) is 4.79 Å². The lowest BCUT2D eigenvalue weighted by Gasteiger charge is -2.31. The van der Waals surface area contributed by atoms with Gasteiger partial charge in [0.1, 0.15) is 0 Å². The van der Waals surface area contributed by atoms with Crippen molar-refractivity contribution in [2.45, 2.75) is 25.7 Å². The Kier molecular flexibility index (Phi) is 3.38. The highest BCUT2D eigenvalue weighted by Gasteiger charge is 2.28. The third-order valence-electron chi connectivity index (χ3n) is 3.43. The summed E-state index contributed by atoms with van der Waals surface area (Å²) in [7, 11) is 0. The van der Waals surface area contributed by atoms with Crippen LogP contribution in [0.3, 0.4) is 0 Å². The highest BCUT2D eigenvalue weighted by Crippen LogP contribution is 2.29. The summed E-state index contributed by atoms with van der Waals surface area (Å²) in [6.45, 7) is 3.56. The fourth-order valence-corrected chi connectivity index (χ4v) is 3.40. The Labute approximate surface area is 116 Å². The highest BCUT2D eigenvalue weighted by molar-refractivity contribution is 7.09. The van der Waals surface area contributed by atoms with Crippen molar-refractivity contribution in [2.75, 3.05) is 13.1 Å². The monoisotopic (exact) mass is 276 g/mol. The second-order valence-corrected chi connectivity index (χ2v) is 5.78. The molecule has 1 unspecified atom stereocenters. The van der Waals surface area contributed by atoms with Gasteiger partial charge >= 0.3 is 0 Å². The van der Waals surface area contributed by atoms with Gasteiger partial charge in [-0.15, -0.1) is 11.3 Å². The van der Waals surface area contributed by atoms with Crippen molar-refractivity contribution in [3.05, 3.63) is 40.2 Å². The predicted molar refractivity (Wildman–Crippen MR) is 73.4 cm³/mol. The van der Waals surface area contributed by atoms with Gasteiger partial charge in [-0.3, -0.25) is 4.79 Å². The number of carbonyl (C=O) groups is 1. The lowest BCUT2D eigenvalue weighted by Crippen LogP contribution is -2.38. The molecule has 0 saturated carbocycles. The zero-order chi connectivity index (χ0) is 13.2. The maximum absolute atomic E-state index is 12.3. The maximum atomic E-state index is 12.3. The van der Waals surface area contributed by atoms with E-state index in [1.54, 1.807) is 29.7 Å². The molecular weight excluding hydrogens is 260 g/mol. The molecular formula is C14H16N2O2S. The lowest BCUT2D eigenvalue weighted by atomic mass is 9.98. The van der Waals surface area contributed by atoms with Crippen LogP contribution in [-0.4, -0.2) is 28.9 Å². The fourth-order valence-electron chi connectivity index (χ4n) is 2.48. The van der Waals surface area contributed by atoms with E-state index in [0.29, 0.717) is 11.7 Å². The zero-order valence-corrected chi connectivity index (χ0v) is 11.7. The minimum atomic E-state index is -0.0111. The molecule has 1 fully saturated rings. The number of furan rings is 1. The van der Waals surface area contributed by atoms with E-state index in [2.05, 4.69) is 10.4 Å². The summed E-state index contributed by atoms with van der Waals surface area (Å²) < 4.78 is 5.19. The molecule has 2 aromatic rings. The normalized spacial score (nSPS) is 19.6. The van der Waals surface area contributed by atoms with E-state index in [4.69, 9.17) is 4.42 Å². The number of carbonyl (C=O) groups excluding carboxylic acids is 1. The molecule has 0 aromatic carbocycles. The summed E-state index contributed by atoms with van der Waals surface area (Å²) in [5, 5.41) is 3.22. The smallest absolute Gasteiger partial charge is 0.289 e. The van der Waals surface area contributed by atoms with Gasteiger partial charge in [-0.2, -0.15) is 0 Å². The van der Waals surface area contributed by atoms with Gasteiger partial charge in [-0.25, -0.2) is 4.98 Å². The minimum Gasteiger partial charge on any atom is -0.459 e. The second-order valence-electron chi connectivity index (χ2n) is 4.89. The van der Waals surface area contributed by atoms with Gasteiger partial charge in [0.05, 0.1) is 11.3 Å². The van der Waals surface area contributed by atoms with Crippen LogP contribution < -0.4 is 0 Å². The molecule has 1 aliphatic rings. The Morgan fingerprint density at radius 2 is 2.47 bits per heavy atom. The number of likely N-dealkylation sites (tertiary alicyclic amines) is 1. The van der Waals surface area contributed by atoms with Crippen LogP contribution in [0.4, 0.5) is 0 Å². The highest BCUT2D eigenvalue weighted by atomic mass is 32.1. The summed E-state index contributed by atoms with van der Waals surface area (Å²) in [6.07, 6.45) is 3.67. The van der Waals surface area contributed by atoms with Crippen LogP contribution in [0, 0.1) is 6.92 Å². The van der Waals surface area contributed by atoms with E-state index in [0.717, 1.165) is 36.6 Å². The fraction of sp³-hybridized carbons (Fsp3) is 0.429. The van der Waals surface area contributed by atoms with E-state index in [-0.39, 0.29) is 5.91 Å². The first kappa shape index (κ1) is 12.4.